The topological polar surface area (TPSA) is 124 Å². The van der Waals surface area contributed by atoms with Crippen molar-refractivity contribution in [3.8, 4) is 0 Å². The second kappa shape index (κ2) is 11.8. The number of hydrogen-bond acceptors (Lipinski definition) is 12. The SMILES string of the molecule is CN(/N=C/c1cc(/C=N/N(C)c2cc(N(C)/N=C/c3ccccn3)ncn2)ncn1)c1ccccn1. The minimum atomic E-state index is 0.587. The van der Waals surface area contributed by atoms with Gasteiger partial charge in [-0.1, -0.05) is 12.1 Å². The van der Waals surface area contributed by atoms with E-state index in [9.17, 15) is 0 Å². The molecule has 4 aromatic heterocycles. The molecular formula is C24H24N12. The van der Waals surface area contributed by atoms with Gasteiger partial charge in [0.15, 0.2) is 11.6 Å². The maximum atomic E-state index is 4.44. The Morgan fingerprint density at radius 3 is 1.61 bits per heavy atom. The van der Waals surface area contributed by atoms with Gasteiger partial charge in [0, 0.05) is 39.6 Å². The van der Waals surface area contributed by atoms with Crippen molar-refractivity contribution < 1.29 is 0 Å². The van der Waals surface area contributed by atoms with Crippen LogP contribution in [0.25, 0.3) is 0 Å². The Hall–Kier alpha value is -5.13. The fourth-order valence-electron chi connectivity index (χ4n) is 2.83. The molecule has 0 unspecified atom stereocenters. The van der Waals surface area contributed by atoms with Crippen molar-refractivity contribution >= 4 is 36.1 Å². The van der Waals surface area contributed by atoms with Gasteiger partial charge in [-0.05, 0) is 30.3 Å². The molecule has 4 aromatic rings. The Morgan fingerprint density at radius 2 is 1.06 bits per heavy atom. The van der Waals surface area contributed by atoms with Gasteiger partial charge in [0.1, 0.15) is 18.5 Å². The highest BCUT2D eigenvalue weighted by Gasteiger charge is 2.07. The van der Waals surface area contributed by atoms with Crippen LogP contribution in [0.4, 0.5) is 17.5 Å². The first-order chi connectivity index (χ1) is 17.6. The van der Waals surface area contributed by atoms with Crippen molar-refractivity contribution in [3.63, 3.8) is 0 Å². The van der Waals surface area contributed by atoms with Crippen molar-refractivity contribution in [1.29, 1.82) is 0 Å². The molecule has 0 fully saturated rings. The van der Waals surface area contributed by atoms with Gasteiger partial charge in [-0.2, -0.15) is 15.3 Å². The molecule has 0 N–H and O–H groups in total. The van der Waals surface area contributed by atoms with Crippen LogP contribution >= 0.6 is 0 Å². The fraction of sp³-hybridized carbons (Fsp3) is 0.125. The van der Waals surface area contributed by atoms with Crippen molar-refractivity contribution in [1.82, 2.24) is 29.9 Å². The Labute approximate surface area is 208 Å². The minimum Gasteiger partial charge on any atom is -0.255 e. The van der Waals surface area contributed by atoms with E-state index in [0.29, 0.717) is 23.0 Å². The molecular weight excluding hydrogens is 456 g/mol. The zero-order valence-electron chi connectivity index (χ0n) is 20.0. The summed E-state index contributed by atoms with van der Waals surface area (Å²) in [5.74, 6) is 1.92. The van der Waals surface area contributed by atoms with E-state index in [-0.39, 0.29) is 0 Å². The third kappa shape index (κ3) is 6.70. The van der Waals surface area contributed by atoms with Gasteiger partial charge >= 0.3 is 0 Å². The first kappa shape index (κ1) is 24.0. The van der Waals surface area contributed by atoms with Crippen molar-refractivity contribution in [3.05, 3.63) is 90.7 Å². The lowest BCUT2D eigenvalue weighted by atomic mass is 10.3. The monoisotopic (exact) mass is 480 g/mol. The Balaban J connectivity index is 1.41. The van der Waals surface area contributed by atoms with E-state index >= 15 is 0 Å². The van der Waals surface area contributed by atoms with Crippen LogP contribution in [0, 0.1) is 0 Å². The van der Waals surface area contributed by atoms with E-state index in [0.717, 1.165) is 11.5 Å². The summed E-state index contributed by atoms with van der Waals surface area (Å²) in [6, 6.07) is 14.8. The van der Waals surface area contributed by atoms with Gasteiger partial charge in [0.25, 0.3) is 0 Å². The Bertz CT molecular complexity index is 1340. The van der Waals surface area contributed by atoms with E-state index in [1.807, 2.05) is 43.4 Å². The van der Waals surface area contributed by atoms with E-state index < -0.39 is 0 Å². The molecule has 0 atom stereocenters. The van der Waals surface area contributed by atoms with Gasteiger partial charge in [0.05, 0.1) is 35.7 Å². The van der Waals surface area contributed by atoms with Crippen LogP contribution in [0.1, 0.15) is 17.1 Å². The average Bonchev–Trinajstić information content (AvgIpc) is 2.94. The van der Waals surface area contributed by atoms with Gasteiger partial charge in [-0.25, -0.2) is 24.9 Å². The molecule has 0 saturated carbocycles. The summed E-state index contributed by atoms with van der Waals surface area (Å²) in [5.41, 5.74) is 2.00. The molecule has 0 aliphatic rings. The number of rotatable bonds is 9. The predicted octanol–water partition coefficient (Wildman–Crippen LogP) is 2.47. The second-order valence-electron chi connectivity index (χ2n) is 7.35. The van der Waals surface area contributed by atoms with Gasteiger partial charge in [-0.3, -0.25) is 20.0 Å². The molecule has 0 saturated heterocycles. The van der Waals surface area contributed by atoms with Crippen molar-refractivity contribution in [2.75, 3.05) is 36.2 Å². The van der Waals surface area contributed by atoms with Crippen LogP contribution < -0.4 is 15.0 Å². The zero-order valence-corrected chi connectivity index (χ0v) is 20.0. The largest absolute Gasteiger partial charge is 0.255 e. The first-order valence-corrected chi connectivity index (χ1v) is 10.9. The normalized spacial score (nSPS) is 11.4. The highest BCUT2D eigenvalue weighted by Crippen LogP contribution is 2.16. The van der Waals surface area contributed by atoms with E-state index in [4.69, 9.17) is 0 Å². The summed E-state index contributed by atoms with van der Waals surface area (Å²) in [6.45, 7) is 0. The molecule has 180 valence electrons. The molecule has 0 aliphatic carbocycles. The van der Waals surface area contributed by atoms with Crippen LogP contribution in [-0.2, 0) is 0 Å². The standard InChI is InChI=1S/C24H24N12/c1-34(22-9-5-7-11-26-22)32-15-20-12-21(28-17-27-20)16-33-36(3)24-13-23(29-18-30-24)35(2)31-14-19-8-4-6-10-25-19/h4-18H,1-3H3/b31-14+,32-15+,33-16+. The lowest BCUT2D eigenvalue weighted by Gasteiger charge is -2.15. The van der Waals surface area contributed by atoms with E-state index in [2.05, 4.69) is 45.2 Å². The molecule has 0 bridgehead atoms. The zero-order chi connectivity index (χ0) is 25.2. The summed E-state index contributed by atoms with van der Waals surface area (Å²) < 4.78 is 0. The number of nitrogens with zero attached hydrogens (tertiary/aromatic N) is 12. The molecule has 4 heterocycles. The average molecular weight is 481 g/mol. The quantitative estimate of drug-likeness (QED) is 0.262. The second-order valence-corrected chi connectivity index (χ2v) is 7.35. The summed E-state index contributed by atoms with van der Waals surface area (Å²) >= 11 is 0. The van der Waals surface area contributed by atoms with Crippen molar-refractivity contribution in [2.24, 2.45) is 15.3 Å². The Kier molecular flexibility index (Phi) is 7.89. The van der Waals surface area contributed by atoms with Crippen LogP contribution in [0.3, 0.4) is 0 Å². The summed E-state index contributed by atoms with van der Waals surface area (Å²) in [5, 5.41) is 18.1. The smallest absolute Gasteiger partial charge is 0.154 e. The highest BCUT2D eigenvalue weighted by atomic mass is 15.5. The van der Waals surface area contributed by atoms with Gasteiger partial charge < -0.3 is 0 Å². The summed E-state index contributed by atoms with van der Waals surface area (Å²) in [6.07, 6.45) is 11.3. The fourth-order valence-corrected chi connectivity index (χ4v) is 2.83. The number of aromatic nitrogens is 6. The third-order valence-corrected chi connectivity index (χ3v) is 4.77. The predicted molar refractivity (Wildman–Crippen MR) is 141 cm³/mol. The van der Waals surface area contributed by atoms with Crippen LogP contribution in [-0.4, -0.2) is 69.7 Å². The molecule has 0 aromatic carbocycles. The molecule has 12 heteroatoms. The van der Waals surface area contributed by atoms with Crippen LogP contribution in [0.5, 0.6) is 0 Å². The maximum absolute atomic E-state index is 4.44. The van der Waals surface area contributed by atoms with Crippen LogP contribution in [0.2, 0.25) is 0 Å². The maximum Gasteiger partial charge on any atom is 0.154 e. The van der Waals surface area contributed by atoms with E-state index in [1.54, 1.807) is 72.3 Å². The summed E-state index contributed by atoms with van der Waals surface area (Å²) in [4.78, 5) is 25.5. The van der Waals surface area contributed by atoms with Crippen molar-refractivity contribution in [2.45, 2.75) is 0 Å². The third-order valence-electron chi connectivity index (χ3n) is 4.77. The molecule has 4 rings (SSSR count). The number of hydrogen-bond donors (Lipinski definition) is 0. The summed E-state index contributed by atoms with van der Waals surface area (Å²) in [7, 11) is 5.39. The molecule has 12 nitrogen and oxygen atoms in total. The first-order valence-electron chi connectivity index (χ1n) is 10.9. The number of pyridine rings is 2. The molecule has 0 spiro atoms. The lowest BCUT2D eigenvalue weighted by Crippen LogP contribution is -2.15. The lowest BCUT2D eigenvalue weighted by molar-refractivity contribution is 0.930. The van der Waals surface area contributed by atoms with Crippen LogP contribution in [0.15, 0.2) is 88.9 Å². The van der Waals surface area contributed by atoms with E-state index in [1.165, 1.54) is 12.7 Å². The molecule has 0 radical (unpaired) electrons. The van der Waals surface area contributed by atoms with Gasteiger partial charge in [0.2, 0.25) is 0 Å². The molecule has 36 heavy (non-hydrogen) atoms. The number of anilines is 3. The highest BCUT2D eigenvalue weighted by molar-refractivity contribution is 5.83. The minimum absolute atomic E-state index is 0.587. The number of hydrazone groups is 3. The molecule has 0 aliphatic heterocycles. The molecule has 0 amide bonds. The Morgan fingerprint density at radius 1 is 0.528 bits per heavy atom. The van der Waals surface area contributed by atoms with Gasteiger partial charge in [-0.15, -0.1) is 0 Å².